The predicted molar refractivity (Wildman–Crippen MR) is 84.1 cm³/mol. The second-order valence-electron chi connectivity index (χ2n) is 4.85. The Morgan fingerprint density at radius 1 is 1.48 bits per heavy atom. The van der Waals surface area contributed by atoms with Gasteiger partial charge in [0.1, 0.15) is 6.04 Å². The number of nitrogens with two attached hydrogens (primary N) is 1. The van der Waals surface area contributed by atoms with E-state index in [1.165, 1.54) is 11.3 Å². The maximum atomic E-state index is 12.3. The number of benzene rings is 1. The molecule has 1 aromatic heterocycles. The minimum absolute atomic E-state index is 0.0214. The lowest BCUT2D eigenvalue weighted by Crippen LogP contribution is -2.49. The summed E-state index contributed by atoms with van der Waals surface area (Å²) in [5.74, 6) is -0.0214. The van der Waals surface area contributed by atoms with Crippen LogP contribution < -0.4 is 11.1 Å². The van der Waals surface area contributed by atoms with Gasteiger partial charge < -0.3 is 11.1 Å². The van der Waals surface area contributed by atoms with Crippen molar-refractivity contribution in [2.45, 2.75) is 12.6 Å². The molecule has 5 nitrogen and oxygen atoms in total. The number of hydrogen-bond donors (Lipinski definition) is 2. The first kappa shape index (κ1) is 14.3. The number of carbonyl (C=O) groups excluding carboxylic acids is 1. The molecule has 0 aliphatic carbocycles. The highest BCUT2D eigenvalue weighted by Crippen LogP contribution is 2.31. The van der Waals surface area contributed by atoms with Gasteiger partial charge >= 0.3 is 0 Å². The van der Waals surface area contributed by atoms with Crippen molar-refractivity contribution in [3.8, 4) is 0 Å². The quantitative estimate of drug-likeness (QED) is 0.907. The predicted octanol–water partition coefficient (Wildman–Crippen LogP) is 2.05. The number of aromatic nitrogens is 1. The topological polar surface area (TPSA) is 71.2 Å². The molecular weight excluding hydrogens is 308 g/mol. The molecule has 1 aromatic carbocycles. The zero-order valence-electron chi connectivity index (χ0n) is 11.3. The Morgan fingerprint density at radius 2 is 2.29 bits per heavy atom. The lowest BCUT2D eigenvalue weighted by molar-refractivity contribution is -0.129. The second kappa shape index (κ2) is 6.01. The van der Waals surface area contributed by atoms with Gasteiger partial charge in [0.05, 0.1) is 0 Å². The van der Waals surface area contributed by atoms with Crippen LogP contribution in [0.4, 0.5) is 5.13 Å². The van der Waals surface area contributed by atoms with E-state index >= 15 is 0 Å². The van der Waals surface area contributed by atoms with Gasteiger partial charge in [-0.05, 0) is 11.6 Å². The average Bonchev–Trinajstić information content (AvgIpc) is 2.86. The number of amides is 1. The summed E-state index contributed by atoms with van der Waals surface area (Å²) in [4.78, 5) is 19.5. The van der Waals surface area contributed by atoms with E-state index < -0.39 is 0 Å². The molecule has 1 fully saturated rings. The number of anilines is 1. The molecule has 1 amide bonds. The Bertz CT molecular complexity index is 660. The molecule has 110 valence electrons. The maximum absolute atomic E-state index is 12.3. The first-order valence-corrected chi connectivity index (χ1v) is 7.81. The van der Waals surface area contributed by atoms with Crippen LogP contribution in [0.25, 0.3) is 0 Å². The van der Waals surface area contributed by atoms with Crippen molar-refractivity contribution in [2.75, 3.05) is 18.8 Å². The van der Waals surface area contributed by atoms with E-state index in [1.54, 1.807) is 6.20 Å². The van der Waals surface area contributed by atoms with Crippen molar-refractivity contribution < 1.29 is 4.79 Å². The van der Waals surface area contributed by atoms with E-state index in [4.69, 9.17) is 17.3 Å². The Morgan fingerprint density at radius 3 is 3.00 bits per heavy atom. The summed E-state index contributed by atoms with van der Waals surface area (Å²) in [6.45, 7) is 2.03. The van der Waals surface area contributed by atoms with Crippen LogP contribution in [0.1, 0.15) is 16.5 Å². The molecule has 0 bridgehead atoms. The lowest BCUT2D eigenvalue weighted by atomic mass is 10.0. The number of carbonyl (C=O) groups is 1. The summed E-state index contributed by atoms with van der Waals surface area (Å²) in [6, 6.07) is 7.08. The first-order valence-electron chi connectivity index (χ1n) is 6.61. The van der Waals surface area contributed by atoms with Crippen LogP contribution in [0.3, 0.4) is 0 Å². The van der Waals surface area contributed by atoms with E-state index in [2.05, 4.69) is 15.2 Å². The van der Waals surface area contributed by atoms with Gasteiger partial charge in [0.2, 0.25) is 5.91 Å². The third kappa shape index (κ3) is 3.02. The van der Waals surface area contributed by atoms with Gasteiger partial charge in [-0.3, -0.25) is 9.69 Å². The highest BCUT2D eigenvalue weighted by molar-refractivity contribution is 7.15. The number of thiazole rings is 1. The van der Waals surface area contributed by atoms with Crippen LogP contribution in [0.2, 0.25) is 5.02 Å². The van der Waals surface area contributed by atoms with Crippen molar-refractivity contribution in [3.63, 3.8) is 0 Å². The molecule has 1 saturated heterocycles. The van der Waals surface area contributed by atoms with Gasteiger partial charge in [0.25, 0.3) is 0 Å². The van der Waals surface area contributed by atoms with Crippen molar-refractivity contribution in [3.05, 3.63) is 45.9 Å². The Labute approximate surface area is 131 Å². The van der Waals surface area contributed by atoms with E-state index in [0.29, 0.717) is 23.2 Å². The summed E-state index contributed by atoms with van der Waals surface area (Å²) < 4.78 is 0. The standard InChI is InChI=1S/C14H15ClN4OS/c15-11-4-2-1-3-10(11)12-13(20)17-5-6-19(12)8-9-7-18-14(16)21-9/h1-4,7,12H,5-6,8H2,(H2,16,18)(H,17,20). The van der Waals surface area contributed by atoms with Gasteiger partial charge in [0, 0.05) is 35.7 Å². The van der Waals surface area contributed by atoms with Crippen LogP contribution >= 0.6 is 22.9 Å². The summed E-state index contributed by atoms with van der Waals surface area (Å²) >= 11 is 7.70. The van der Waals surface area contributed by atoms with Crippen molar-refractivity contribution in [1.29, 1.82) is 0 Å². The molecule has 7 heteroatoms. The lowest BCUT2D eigenvalue weighted by Gasteiger charge is -2.35. The van der Waals surface area contributed by atoms with Crippen LogP contribution in [-0.4, -0.2) is 28.9 Å². The minimum Gasteiger partial charge on any atom is -0.375 e. The zero-order chi connectivity index (χ0) is 14.8. The number of nitrogen functional groups attached to an aromatic ring is 1. The SMILES string of the molecule is Nc1ncc(CN2CCNC(=O)C2c2ccccc2Cl)s1. The molecule has 21 heavy (non-hydrogen) atoms. The summed E-state index contributed by atoms with van der Waals surface area (Å²) in [5, 5.41) is 4.05. The Balaban J connectivity index is 1.90. The fraction of sp³-hybridized carbons (Fsp3) is 0.286. The van der Waals surface area contributed by atoms with Gasteiger partial charge in [-0.1, -0.05) is 29.8 Å². The number of halogens is 1. The van der Waals surface area contributed by atoms with Crippen LogP contribution in [-0.2, 0) is 11.3 Å². The Hall–Kier alpha value is -1.63. The van der Waals surface area contributed by atoms with Crippen molar-refractivity contribution >= 4 is 34.0 Å². The van der Waals surface area contributed by atoms with Gasteiger partial charge in [-0.25, -0.2) is 4.98 Å². The number of hydrogen-bond acceptors (Lipinski definition) is 5. The second-order valence-corrected chi connectivity index (χ2v) is 6.40. The first-order chi connectivity index (χ1) is 10.1. The van der Waals surface area contributed by atoms with Crippen molar-refractivity contribution in [2.24, 2.45) is 0 Å². The fourth-order valence-corrected chi connectivity index (χ4v) is 3.46. The third-order valence-corrected chi connectivity index (χ3v) is 4.60. The highest BCUT2D eigenvalue weighted by Gasteiger charge is 2.32. The van der Waals surface area contributed by atoms with E-state index in [1.807, 2.05) is 24.3 Å². The molecule has 2 aromatic rings. The average molecular weight is 323 g/mol. The largest absolute Gasteiger partial charge is 0.375 e. The van der Waals surface area contributed by atoms with Crippen LogP contribution in [0, 0.1) is 0 Å². The molecule has 2 heterocycles. The molecule has 3 N–H and O–H groups in total. The molecule has 1 unspecified atom stereocenters. The normalized spacial score (nSPS) is 19.5. The van der Waals surface area contributed by atoms with E-state index in [0.717, 1.165) is 17.0 Å². The number of rotatable bonds is 3. The summed E-state index contributed by atoms with van der Waals surface area (Å²) in [6.07, 6.45) is 1.76. The van der Waals surface area contributed by atoms with Crippen LogP contribution in [0.5, 0.6) is 0 Å². The summed E-state index contributed by atoms with van der Waals surface area (Å²) in [7, 11) is 0. The molecule has 0 saturated carbocycles. The fourth-order valence-electron chi connectivity index (χ4n) is 2.52. The number of nitrogens with one attached hydrogen (secondary N) is 1. The molecule has 3 rings (SSSR count). The van der Waals surface area contributed by atoms with Gasteiger partial charge in [-0.15, -0.1) is 11.3 Å². The zero-order valence-corrected chi connectivity index (χ0v) is 12.8. The van der Waals surface area contributed by atoms with E-state index in [-0.39, 0.29) is 11.9 Å². The number of nitrogens with zero attached hydrogens (tertiary/aromatic N) is 2. The molecule has 1 aliphatic rings. The van der Waals surface area contributed by atoms with Gasteiger partial charge in [-0.2, -0.15) is 0 Å². The number of piperazine rings is 1. The third-order valence-electron chi connectivity index (χ3n) is 3.44. The summed E-state index contributed by atoms with van der Waals surface area (Å²) in [5.41, 5.74) is 6.50. The Kier molecular flexibility index (Phi) is 4.10. The van der Waals surface area contributed by atoms with Crippen molar-refractivity contribution in [1.82, 2.24) is 15.2 Å². The maximum Gasteiger partial charge on any atom is 0.242 e. The molecular formula is C14H15ClN4OS. The molecule has 1 aliphatic heterocycles. The smallest absolute Gasteiger partial charge is 0.242 e. The minimum atomic E-state index is -0.379. The highest BCUT2D eigenvalue weighted by atomic mass is 35.5. The van der Waals surface area contributed by atoms with Crippen LogP contribution in [0.15, 0.2) is 30.5 Å². The van der Waals surface area contributed by atoms with Gasteiger partial charge in [0.15, 0.2) is 5.13 Å². The molecule has 0 spiro atoms. The molecule has 1 atom stereocenters. The molecule has 0 radical (unpaired) electrons. The monoisotopic (exact) mass is 322 g/mol. The van der Waals surface area contributed by atoms with E-state index in [9.17, 15) is 4.79 Å².